The number of hydrogen-bond acceptors (Lipinski definition) is 1. The first kappa shape index (κ1) is 13.3. The van der Waals surface area contributed by atoms with E-state index in [2.05, 4.69) is 12.1 Å². The topological polar surface area (TPSA) is 9.23 Å². The van der Waals surface area contributed by atoms with Crippen LogP contribution >= 0.6 is 23.2 Å². The van der Waals surface area contributed by atoms with Crippen LogP contribution in [0.2, 0.25) is 10.0 Å². The second-order valence-electron chi connectivity index (χ2n) is 4.50. The van der Waals surface area contributed by atoms with Crippen LogP contribution in [-0.4, -0.2) is 0 Å². The van der Waals surface area contributed by atoms with Gasteiger partial charge in [0.05, 0.1) is 0 Å². The number of hydrogen-bond donors (Lipinski definition) is 0. The molecular formula is C17H12Cl2O. The second kappa shape index (κ2) is 5.74. The Hall–Kier alpha value is -1.70. The van der Waals surface area contributed by atoms with Crippen molar-refractivity contribution in [2.75, 3.05) is 0 Å². The van der Waals surface area contributed by atoms with Crippen LogP contribution in [0, 0.1) is 0 Å². The van der Waals surface area contributed by atoms with Crippen LogP contribution in [0.25, 0.3) is 10.8 Å². The molecule has 0 bridgehead atoms. The van der Waals surface area contributed by atoms with E-state index in [4.69, 9.17) is 27.9 Å². The molecule has 20 heavy (non-hydrogen) atoms. The molecule has 3 heteroatoms. The maximum Gasteiger partial charge on any atom is 0.127 e. The van der Waals surface area contributed by atoms with Crippen molar-refractivity contribution < 1.29 is 4.74 Å². The summed E-state index contributed by atoms with van der Waals surface area (Å²) in [4.78, 5) is 0. The van der Waals surface area contributed by atoms with E-state index in [1.165, 1.54) is 0 Å². The third-order valence-corrected chi connectivity index (χ3v) is 3.73. The summed E-state index contributed by atoms with van der Waals surface area (Å²) >= 11 is 12.0. The Bertz CT molecular complexity index is 748. The van der Waals surface area contributed by atoms with E-state index in [0.717, 1.165) is 22.1 Å². The molecule has 0 atom stereocenters. The number of fused-ring (bicyclic) bond motifs is 1. The van der Waals surface area contributed by atoms with Gasteiger partial charge in [-0.2, -0.15) is 0 Å². The number of ether oxygens (including phenoxy) is 1. The van der Waals surface area contributed by atoms with Crippen LogP contribution in [0.5, 0.6) is 5.75 Å². The Morgan fingerprint density at radius 3 is 2.50 bits per heavy atom. The van der Waals surface area contributed by atoms with E-state index >= 15 is 0 Å². The third-order valence-electron chi connectivity index (χ3n) is 3.15. The molecule has 0 aromatic heterocycles. The van der Waals surface area contributed by atoms with Crippen LogP contribution < -0.4 is 4.74 Å². The molecule has 0 unspecified atom stereocenters. The van der Waals surface area contributed by atoms with Crippen LogP contribution in [0.15, 0.2) is 60.7 Å². The Labute approximate surface area is 127 Å². The molecule has 0 aliphatic carbocycles. The van der Waals surface area contributed by atoms with Crippen molar-refractivity contribution in [2.24, 2.45) is 0 Å². The Kier molecular flexibility index (Phi) is 3.81. The minimum Gasteiger partial charge on any atom is -0.488 e. The number of benzene rings is 3. The lowest BCUT2D eigenvalue weighted by Crippen LogP contribution is -1.96. The lowest BCUT2D eigenvalue weighted by Gasteiger charge is -2.10. The van der Waals surface area contributed by atoms with Crippen molar-refractivity contribution in [2.45, 2.75) is 6.61 Å². The lowest BCUT2D eigenvalue weighted by atomic mass is 10.1. The summed E-state index contributed by atoms with van der Waals surface area (Å²) in [7, 11) is 0. The van der Waals surface area contributed by atoms with Crippen LogP contribution in [-0.2, 0) is 6.61 Å². The lowest BCUT2D eigenvalue weighted by molar-refractivity contribution is 0.310. The highest BCUT2D eigenvalue weighted by Gasteiger charge is 2.05. The van der Waals surface area contributed by atoms with Gasteiger partial charge in [-0.1, -0.05) is 65.7 Å². The molecule has 0 aliphatic rings. The van der Waals surface area contributed by atoms with Gasteiger partial charge in [0.25, 0.3) is 0 Å². The van der Waals surface area contributed by atoms with E-state index in [-0.39, 0.29) is 0 Å². The van der Waals surface area contributed by atoms with Crippen LogP contribution in [0.3, 0.4) is 0 Å². The molecule has 3 aromatic carbocycles. The Morgan fingerprint density at radius 2 is 1.65 bits per heavy atom. The van der Waals surface area contributed by atoms with Gasteiger partial charge in [0.1, 0.15) is 12.4 Å². The minimum atomic E-state index is 0.421. The zero-order valence-corrected chi connectivity index (χ0v) is 12.2. The summed E-state index contributed by atoms with van der Waals surface area (Å²) in [6.07, 6.45) is 0. The number of rotatable bonds is 3. The summed E-state index contributed by atoms with van der Waals surface area (Å²) in [5, 5.41) is 3.51. The second-order valence-corrected chi connectivity index (χ2v) is 5.35. The average molecular weight is 303 g/mol. The standard InChI is InChI=1S/C17H12Cl2O/c18-14-9-8-13(16(19)10-14)11-20-17-7-3-5-12-4-1-2-6-15(12)17/h1-10H,11H2. The van der Waals surface area contributed by atoms with E-state index < -0.39 is 0 Å². The Morgan fingerprint density at radius 1 is 0.850 bits per heavy atom. The molecule has 3 rings (SSSR count). The first-order valence-corrected chi connectivity index (χ1v) is 7.04. The minimum absolute atomic E-state index is 0.421. The predicted molar refractivity (Wildman–Crippen MR) is 84.7 cm³/mol. The largest absolute Gasteiger partial charge is 0.488 e. The average Bonchev–Trinajstić information content (AvgIpc) is 2.46. The monoisotopic (exact) mass is 302 g/mol. The summed E-state index contributed by atoms with van der Waals surface area (Å²) in [6, 6.07) is 19.6. The van der Waals surface area contributed by atoms with Crippen molar-refractivity contribution in [3.05, 3.63) is 76.3 Å². The highest BCUT2D eigenvalue weighted by molar-refractivity contribution is 6.35. The molecule has 0 aliphatic heterocycles. The highest BCUT2D eigenvalue weighted by atomic mass is 35.5. The van der Waals surface area contributed by atoms with Crippen molar-refractivity contribution in [1.82, 2.24) is 0 Å². The zero-order valence-electron chi connectivity index (χ0n) is 10.6. The molecule has 0 heterocycles. The number of halogens is 2. The molecule has 0 amide bonds. The van der Waals surface area contributed by atoms with Crippen LogP contribution in [0.1, 0.15) is 5.56 Å². The zero-order chi connectivity index (χ0) is 13.9. The molecule has 100 valence electrons. The van der Waals surface area contributed by atoms with Gasteiger partial charge < -0.3 is 4.74 Å². The van der Waals surface area contributed by atoms with Gasteiger partial charge in [-0.25, -0.2) is 0 Å². The van der Waals surface area contributed by atoms with Crippen molar-refractivity contribution in [1.29, 1.82) is 0 Å². The van der Waals surface area contributed by atoms with Gasteiger partial charge >= 0.3 is 0 Å². The maximum absolute atomic E-state index is 6.15. The maximum atomic E-state index is 6.15. The smallest absolute Gasteiger partial charge is 0.127 e. The normalized spacial score (nSPS) is 10.7. The first-order valence-electron chi connectivity index (χ1n) is 6.28. The summed E-state index contributed by atoms with van der Waals surface area (Å²) in [5.41, 5.74) is 0.920. The molecule has 0 spiro atoms. The van der Waals surface area contributed by atoms with E-state index in [1.807, 2.05) is 42.5 Å². The highest BCUT2D eigenvalue weighted by Crippen LogP contribution is 2.27. The van der Waals surface area contributed by atoms with Gasteiger partial charge in [-0.05, 0) is 23.6 Å². The van der Waals surface area contributed by atoms with Crippen molar-refractivity contribution in [3.63, 3.8) is 0 Å². The van der Waals surface area contributed by atoms with E-state index in [9.17, 15) is 0 Å². The summed E-state index contributed by atoms with van der Waals surface area (Å²) < 4.78 is 5.90. The third kappa shape index (κ3) is 2.74. The summed E-state index contributed by atoms with van der Waals surface area (Å²) in [5.74, 6) is 0.856. The van der Waals surface area contributed by atoms with Gasteiger partial charge in [0.15, 0.2) is 0 Å². The predicted octanol–water partition coefficient (Wildman–Crippen LogP) is 5.73. The Balaban J connectivity index is 1.87. The van der Waals surface area contributed by atoms with E-state index in [1.54, 1.807) is 6.07 Å². The quantitative estimate of drug-likeness (QED) is 0.600. The SMILES string of the molecule is Clc1ccc(COc2cccc3ccccc23)c(Cl)c1. The molecule has 0 saturated heterocycles. The molecule has 3 aromatic rings. The molecule has 0 fully saturated rings. The fraction of sp³-hybridized carbons (Fsp3) is 0.0588. The molecule has 1 nitrogen and oxygen atoms in total. The molecular weight excluding hydrogens is 291 g/mol. The van der Waals surface area contributed by atoms with E-state index in [0.29, 0.717) is 16.7 Å². The molecule has 0 radical (unpaired) electrons. The van der Waals surface area contributed by atoms with Gasteiger partial charge in [0, 0.05) is 21.0 Å². The van der Waals surface area contributed by atoms with Crippen LogP contribution in [0.4, 0.5) is 0 Å². The fourth-order valence-corrected chi connectivity index (χ4v) is 2.58. The first-order chi connectivity index (χ1) is 9.74. The van der Waals surface area contributed by atoms with Gasteiger partial charge in [0.2, 0.25) is 0 Å². The van der Waals surface area contributed by atoms with Crippen molar-refractivity contribution >= 4 is 34.0 Å². The molecule has 0 N–H and O–H groups in total. The van der Waals surface area contributed by atoms with Gasteiger partial charge in [-0.3, -0.25) is 0 Å². The van der Waals surface area contributed by atoms with Crippen molar-refractivity contribution in [3.8, 4) is 5.75 Å². The van der Waals surface area contributed by atoms with Gasteiger partial charge in [-0.15, -0.1) is 0 Å². The molecule has 0 saturated carbocycles. The fourth-order valence-electron chi connectivity index (χ4n) is 2.12. The summed E-state index contributed by atoms with van der Waals surface area (Å²) in [6.45, 7) is 0.421.